The van der Waals surface area contributed by atoms with Crippen LogP contribution in [0.3, 0.4) is 0 Å². The van der Waals surface area contributed by atoms with E-state index in [9.17, 15) is 0 Å². The summed E-state index contributed by atoms with van der Waals surface area (Å²) in [6.07, 6.45) is 0. The average Bonchev–Trinajstić information content (AvgIpc) is 3.63. The molecule has 228 valence electrons. The molecule has 1 heterocycles. The van der Waals surface area contributed by atoms with Crippen molar-refractivity contribution in [3.8, 4) is 44.5 Å². The van der Waals surface area contributed by atoms with Crippen LogP contribution in [0, 0.1) is 0 Å². The summed E-state index contributed by atoms with van der Waals surface area (Å²) in [5.41, 5.74) is 6.27. The zero-order valence-electron chi connectivity index (χ0n) is 36.0. The summed E-state index contributed by atoms with van der Waals surface area (Å²) in [7, 11) is 0. The number of hydrogen-bond acceptors (Lipinski definition) is 1. The van der Waals surface area contributed by atoms with Gasteiger partial charge in [0.25, 0.3) is 0 Å². The van der Waals surface area contributed by atoms with Gasteiger partial charge in [0.2, 0.25) is 0 Å². The predicted molar refractivity (Wildman–Crippen MR) is 208 cm³/mol. The first kappa shape index (κ1) is 19.4. The molecule has 10 aromatic rings. The first-order chi connectivity index (χ1) is 28.5. The Bertz CT molecular complexity index is 3350. The first-order valence-corrected chi connectivity index (χ1v) is 16.0. The highest BCUT2D eigenvalue weighted by atomic mass is 16.3. The van der Waals surface area contributed by atoms with Crippen LogP contribution in [0.15, 0.2) is 186 Å². The van der Waals surface area contributed by atoms with Crippen molar-refractivity contribution >= 4 is 54.3 Å². The normalized spacial score (nSPS) is 14.5. The number of rotatable bonds is 4. The molecule has 0 bridgehead atoms. The molecular formula is C48H30O. The molecule has 1 heteroatoms. The van der Waals surface area contributed by atoms with Crippen LogP contribution in [-0.2, 0) is 0 Å². The van der Waals surface area contributed by atoms with Crippen LogP contribution >= 0.6 is 0 Å². The summed E-state index contributed by atoms with van der Waals surface area (Å²) in [6, 6.07) is 35.8. The number of benzene rings is 9. The number of furan rings is 1. The van der Waals surface area contributed by atoms with Gasteiger partial charge in [-0.1, -0.05) is 157 Å². The van der Waals surface area contributed by atoms with Crippen LogP contribution in [-0.4, -0.2) is 0 Å². The zero-order valence-corrected chi connectivity index (χ0v) is 26.0. The fourth-order valence-electron chi connectivity index (χ4n) is 7.32. The van der Waals surface area contributed by atoms with E-state index >= 15 is 0 Å². The molecule has 49 heavy (non-hydrogen) atoms. The van der Waals surface area contributed by atoms with Crippen molar-refractivity contribution in [2.75, 3.05) is 0 Å². The monoisotopic (exact) mass is 632 g/mol. The Morgan fingerprint density at radius 2 is 0.878 bits per heavy atom. The lowest BCUT2D eigenvalue weighted by molar-refractivity contribution is 0.673. The van der Waals surface area contributed by atoms with E-state index < -0.39 is 24.2 Å². The molecular weight excluding hydrogens is 593 g/mol. The van der Waals surface area contributed by atoms with Gasteiger partial charge in [0.05, 0.1) is 13.7 Å². The maximum absolute atomic E-state index is 8.83. The van der Waals surface area contributed by atoms with Crippen LogP contribution in [0.5, 0.6) is 0 Å². The Morgan fingerprint density at radius 3 is 1.51 bits per heavy atom. The SMILES string of the molecule is [2H]c1c([2H])c([2H])c(-c2cccc(-c3c4ccccc4c(-c4ccc5oc6c7ccccc7c(-c7c([2H])c([2H])c([2H])c([2H])c7[2H])cc6c5c4)c4ccccc34)c2)c([2H])c1[2H]. The third-order valence-corrected chi connectivity index (χ3v) is 9.41. The van der Waals surface area contributed by atoms with Gasteiger partial charge in [0, 0.05) is 16.2 Å². The third kappa shape index (κ3) is 4.40. The molecule has 0 N–H and O–H groups in total. The van der Waals surface area contributed by atoms with E-state index in [1.807, 2.05) is 84.9 Å². The topological polar surface area (TPSA) is 13.1 Å². The summed E-state index contributed by atoms with van der Waals surface area (Å²) >= 11 is 0. The molecule has 0 saturated carbocycles. The molecule has 0 saturated heterocycles. The summed E-state index contributed by atoms with van der Waals surface area (Å²) in [4.78, 5) is 0. The molecule has 0 aliphatic carbocycles. The molecule has 0 unspecified atom stereocenters. The van der Waals surface area contributed by atoms with Crippen LogP contribution in [0.4, 0.5) is 0 Å². The molecule has 0 radical (unpaired) electrons. The van der Waals surface area contributed by atoms with Gasteiger partial charge in [-0.05, 0) is 95.7 Å². The van der Waals surface area contributed by atoms with E-state index in [2.05, 4.69) is 30.3 Å². The summed E-state index contributed by atoms with van der Waals surface area (Å²) in [5, 5.41) is 6.91. The molecule has 0 aliphatic rings. The minimum Gasteiger partial charge on any atom is -0.455 e. The maximum atomic E-state index is 8.83. The number of fused-ring (bicyclic) bond motifs is 7. The molecule has 0 amide bonds. The summed E-state index contributed by atoms with van der Waals surface area (Å²) in [5.74, 6) is 0. The fourth-order valence-corrected chi connectivity index (χ4v) is 7.32. The van der Waals surface area contributed by atoms with Crippen molar-refractivity contribution in [1.29, 1.82) is 0 Å². The average molecular weight is 633 g/mol. The van der Waals surface area contributed by atoms with Crippen LogP contribution in [0.25, 0.3) is 98.8 Å². The van der Waals surface area contributed by atoms with Crippen LogP contribution in [0.2, 0.25) is 0 Å². The molecule has 9 aromatic carbocycles. The van der Waals surface area contributed by atoms with Crippen molar-refractivity contribution in [3.63, 3.8) is 0 Å². The molecule has 1 nitrogen and oxygen atoms in total. The quantitative estimate of drug-likeness (QED) is 0.176. The van der Waals surface area contributed by atoms with Gasteiger partial charge in [-0.2, -0.15) is 0 Å². The molecule has 0 spiro atoms. The minimum absolute atomic E-state index is 0.128. The smallest absolute Gasteiger partial charge is 0.143 e. The maximum Gasteiger partial charge on any atom is 0.143 e. The third-order valence-electron chi connectivity index (χ3n) is 9.41. The van der Waals surface area contributed by atoms with Gasteiger partial charge in [-0.25, -0.2) is 0 Å². The molecule has 0 atom stereocenters. The van der Waals surface area contributed by atoms with Gasteiger partial charge < -0.3 is 4.42 Å². The largest absolute Gasteiger partial charge is 0.455 e. The van der Waals surface area contributed by atoms with E-state index in [0.29, 0.717) is 27.7 Å². The second-order valence-corrected chi connectivity index (χ2v) is 12.1. The highest BCUT2D eigenvalue weighted by molar-refractivity contribution is 6.23. The van der Waals surface area contributed by atoms with Crippen LogP contribution in [0.1, 0.15) is 13.7 Å². The molecule has 0 fully saturated rings. The minimum atomic E-state index is -0.445. The lowest BCUT2D eigenvalue weighted by atomic mass is 9.85. The van der Waals surface area contributed by atoms with Gasteiger partial charge in [-0.3, -0.25) is 0 Å². The van der Waals surface area contributed by atoms with E-state index in [4.69, 9.17) is 18.1 Å². The van der Waals surface area contributed by atoms with Crippen LogP contribution < -0.4 is 0 Å². The van der Waals surface area contributed by atoms with E-state index in [0.717, 1.165) is 60.0 Å². The summed E-state index contributed by atoms with van der Waals surface area (Å²) in [6.45, 7) is 0. The predicted octanol–water partition coefficient (Wildman–Crippen LogP) is 13.7. The van der Waals surface area contributed by atoms with Crippen molar-refractivity contribution in [2.45, 2.75) is 0 Å². The molecule has 10 rings (SSSR count). The van der Waals surface area contributed by atoms with E-state index in [1.54, 1.807) is 6.07 Å². The Labute approximate surface area is 298 Å². The van der Waals surface area contributed by atoms with Crippen molar-refractivity contribution in [1.82, 2.24) is 0 Å². The van der Waals surface area contributed by atoms with Crippen molar-refractivity contribution in [3.05, 3.63) is 182 Å². The summed E-state index contributed by atoms with van der Waals surface area (Å²) < 4.78 is 91.2. The Kier molecular flexibility index (Phi) is 4.39. The Balaban J connectivity index is 1.23. The van der Waals surface area contributed by atoms with Crippen molar-refractivity contribution in [2.24, 2.45) is 0 Å². The van der Waals surface area contributed by atoms with E-state index in [-0.39, 0.29) is 47.4 Å². The Morgan fingerprint density at radius 1 is 0.347 bits per heavy atom. The van der Waals surface area contributed by atoms with Gasteiger partial charge >= 0.3 is 0 Å². The second kappa shape index (κ2) is 11.1. The van der Waals surface area contributed by atoms with Crippen molar-refractivity contribution < 1.29 is 18.1 Å². The van der Waals surface area contributed by atoms with E-state index in [1.165, 1.54) is 0 Å². The van der Waals surface area contributed by atoms with Gasteiger partial charge in [-0.15, -0.1) is 0 Å². The second-order valence-electron chi connectivity index (χ2n) is 12.1. The first-order valence-electron chi connectivity index (χ1n) is 21.0. The molecule has 0 aliphatic heterocycles. The Hall–Kier alpha value is -6.44. The standard InChI is InChI=1S/C48H30O/c1-3-14-31(15-4-1)33-18-13-19-34(28-33)46-37-21-8-10-23-39(37)47(40-24-11-9-22-38(40)46)35-26-27-45-43(29-35)44-30-42(32-16-5-2-6-17-32)36-20-7-12-25-41(36)48(44)49-45/h1-30H/i1D,2D,3D,4D,5D,6D,14D,15D,16D,17D. The molecule has 1 aromatic heterocycles. The highest BCUT2D eigenvalue weighted by Crippen LogP contribution is 2.46. The number of hydrogen-bond donors (Lipinski definition) is 0. The highest BCUT2D eigenvalue weighted by Gasteiger charge is 2.19. The lowest BCUT2D eigenvalue weighted by Crippen LogP contribution is -1.91. The van der Waals surface area contributed by atoms with Gasteiger partial charge in [0.15, 0.2) is 0 Å². The fraction of sp³-hybridized carbons (Fsp3) is 0. The lowest BCUT2D eigenvalue weighted by Gasteiger charge is -2.18. The van der Waals surface area contributed by atoms with Gasteiger partial charge in [0.1, 0.15) is 11.2 Å². The zero-order chi connectivity index (χ0) is 41.0.